The zero-order chi connectivity index (χ0) is 15.3. The first-order chi connectivity index (χ1) is 9.36. The highest BCUT2D eigenvalue weighted by atomic mass is 79.9. The third-order valence-electron chi connectivity index (χ3n) is 3.39. The summed E-state index contributed by atoms with van der Waals surface area (Å²) in [4.78, 5) is 11.8. The summed E-state index contributed by atoms with van der Waals surface area (Å²) >= 11 is 6.80. The first-order valence-electron chi connectivity index (χ1n) is 6.29. The summed E-state index contributed by atoms with van der Waals surface area (Å²) in [6, 6.07) is 3.57. The highest BCUT2D eigenvalue weighted by Crippen LogP contribution is 2.32. The van der Waals surface area contributed by atoms with Gasteiger partial charge in [-0.05, 0) is 34.5 Å². The second-order valence-electron chi connectivity index (χ2n) is 4.98. The molecule has 2 N–H and O–H groups in total. The molecule has 0 fully saturated rings. The van der Waals surface area contributed by atoms with E-state index in [1.807, 2.05) is 19.9 Å². The van der Waals surface area contributed by atoms with Crippen molar-refractivity contribution >= 4 is 43.5 Å². The number of carbonyl (C=O) groups excluding carboxylic acids is 1. The van der Waals surface area contributed by atoms with Gasteiger partial charge in [-0.25, -0.2) is 4.79 Å². The molecule has 1 unspecified atom stereocenters. The zero-order valence-electron chi connectivity index (χ0n) is 11.8. The number of carbonyl (C=O) groups is 1. The molecule has 0 heterocycles. The van der Waals surface area contributed by atoms with Crippen LogP contribution >= 0.6 is 31.9 Å². The van der Waals surface area contributed by atoms with Gasteiger partial charge in [0, 0.05) is 20.9 Å². The Labute approximate surface area is 136 Å². The summed E-state index contributed by atoms with van der Waals surface area (Å²) in [6.45, 7) is 4.66. The highest BCUT2D eigenvalue weighted by Gasteiger charge is 2.23. The van der Waals surface area contributed by atoms with E-state index >= 15 is 0 Å². The SMILES string of the molecule is CCC(C)(CO)CNc1c(Br)cc(Br)cc1C(=O)OC. The topological polar surface area (TPSA) is 58.6 Å². The normalized spacial score (nSPS) is 13.7. The fourth-order valence-corrected chi connectivity index (χ4v) is 2.98. The van der Waals surface area contributed by atoms with Crippen LogP contribution in [0.15, 0.2) is 21.1 Å². The van der Waals surface area contributed by atoms with Crippen molar-refractivity contribution in [2.75, 3.05) is 25.6 Å². The maximum absolute atomic E-state index is 11.8. The third-order valence-corrected chi connectivity index (χ3v) is 4.47. The average Bonchev–Trinajstić information content (AvgIpc) is 2.44. The fourth-order valence-electron chi connectivity index (χ4n) is 1.62. The Balaban J connectivity index is 3.08. The predicted octanol–water partition coefficient (Wildman–Crippen LogP) is 3.82. The number of rotatable bonds is 6. The van der Waals surface area contributed by atoms with E-state index in [-0.39, 0.29) is 12.0 Å². The number of esters is 1. The maximum atomic E-state index is 11.8. The van der Waals surface area contributed by atoms with Crippen LogP contribution in [-0.2, 0) is 4.74 Å². The molecule has 4 nitrogen and oxygen atoms in total. The number of ether oxygens (including phenoxy) is 1. The molecule has 112 valence electrons. The minimum atomic E-state index is -0.406. The molecule has 0 bridgehead atoms. The molecular formula is C14H19Br2NO3. The lowest BCUT2D eigenvalue weighted by atomic mass is 9.88. The Hall–Kier alpha value is -0.590. The molecule has 0 spiro atoms. The summed E-state index contributed by atoms with van der Waals surface area (Å²) in [5, 5.41) is 12.7. The van der Waals surface area contributed by atoms with Crippen LogP contribution in [0, 0.1) is 5.41 Å². The first-order valence-corrected chi connectivity index (χ1v) is 7.87. The third kappa shape index (κ3) is 4.20. The van der Waals surface area contributed by atoms with Crippen molar-refractivity contribution in [1.29, 1.82) is 0 Å². The van der Waals surface area contributed by atoms with E-state index in [4.69, 9.17) is 4.74 Å². The van der Waals surface area contributed by atoms with Crippen LogP contribution in [-0.4, -0.2) is 31.3 Å². The highest BCUT2D eigenvalue weighted by molar-refractivity contribution is 9.11. The van der Waals surface area contributed by atoms with Crippen LogP contribution in [0.5, 0.6) is 0 Å². The van der Waals surface area contributed by atoms with E-state index in [1.54, 1.807) is 6.07 Å². The summed E-state index contributed by atoms with van der Waals surface area (Å²) in [5.74, 6) is -0.406. The standard InChI is InChI=1S/C14H19Br2NO3/c1-4-14(2,8-18)7-17-12-10(13(19)20-3)5-9(15)6-11(12)16/h5-6,17-18H,4,7-8H2,1-3H3. The van der Waals surface area contributed by atoms with Gasteiger partial charge in [-0.1, -0.05) is 29.8 Å². The second-order valence-corrected chi connectivity index (χ2v) is 6.75. The zero-order valence-corrected chi connectivity index (χ0v) is 15.0. The van der Waals surface area contributed by atoms with Gasteiger partial charge in [0.1, 0.15) is 0 Å². The van der Waals surface area contributed by atoms with E-state index < -0.39 is 5.97 Å². The molecule has 0 aliphatic carbocycles. The molecule has 0 aliphatic rings. The number of aliphatic hydroxyl groups is 1. The van der Waals surface area contributed by atoms with Gasteiger partial charge in [-0.15, -0.1) is 0 Å². The van der Waals surface area contributed by atoms with E-state index in [0.29, 0.717) is 17.8 Å². The number of halogens is 2. The van der Waals surface area contributed by atoms with Crippen LogP contribution in [0.3, 0.4) is 0 Å². The Morgan fingerprint density at radius 3 is 2.60 bits per heavy atom. The molecule has 20 heavy (non-hydrogen) atoms. The number of anilines is 1. The fraction of sp³-hybridized carbons (Fsp3) is 0.500. The van der Waals surface area contributed by atoms with Gasteiger partial charge in [0.2, 0.25) is 0 Å². The number of hydrogen-bond donors (Lipinski definition) is 2. The molecule has 0 saturated carbocycles. The molecule has 1 aromatic carbocycles. The van der Waals surface area contributed by atoms with Crippen molar-refractivity contribution in [3.05, 3.63) is 26.6 Å². The molecule has 0 amide bonds. The second kappa shape index (κ2) is 7.43. The van der Waals surface area contributed by atoms with Gasteiger partial charge in [0.05, 0.1) is 25.0 Å². The molecule has 0 saturated heterocycles. The van der Waals surface area contributed by atoms with Crippen molar-refractivity contribution in [3.63, 3.8) is 0 Å². The summed E-state index contributed by atoms with van der Waals surface area (Å²) in [7, 11) is 1.35. The van der Waals surface area contributed by atoms with Gasteiger partial charge in [0.25, 0.3) is 0 Å². The summed E-state index contributed by atoms with van der Waals surface area (Å²) < 4.78 is 6.36. The quantitative estimate of drug-likeness (QED) is 0.702. The van der Waals surface area contributed by atoms with Crippen molar-refractivity contribution in [2.24, 2.45) is 5.41 Å². The van der Waals surface area contributed by atoms with Crippen molar-refractivity contribution < 1.29 is 14.6 Å². The van der Waals surface area contributed by atoms with Crippen LogP contribution in [0.4, 0.5) is 5.69 Å². The first kappa shape index (κ1) is 17.5. The largest absolute Gasteiger partial charge is 0.465 e. The molecule has 1 aromatic rings. The van der Waals surface area contributed by atoms with Gasteiger partial charge in [-0.3, -0.25) is 0 Å². The van der Waals surface area contributed by atoms with Gasteiger partial charge in [0.15, 0.2) is 0 Å². The maximum Gasteiger partial charge on any atom is 0.340 e. The van der Waals surface area contributed by atoms with Crippen molar-refractivity contribution in [2.45, 2.75) is 20.3 Å². The number of aliphatic hydroxyl groups excluding tert-OH is 1. The number of hydrogen-bond acceptors (Lipinski definition) is 4. The number of methoxy groups -OCH3 is 1. The van der Waals surface area contributed by atoms with E-state index in [9.17, 15) is 9.90 Å². The summed E-state index contributed by atoms with van der Waals surface area (Å²) in [5.41, 5.74) is 0.887. The van der Waals surface area contributed by atoms with Gasteiger partial charge in [-0.2, -0.15) is 0 Å². The molecule has 0 radical (unpaired) electrons. The van der Waals surface area contributed by atoms with Crippen LogP contribution in [0.1, 0.15) is 30.6 Å². The molecule has 1 atom stereocenters. The van der Waals surface area contributed by atoms with Crippen molar-refractivity contribution in [3.8, 4) is 0 Å². The Morgan fingerprint density at radius 1 is 1.45 bits per heavy atom. The molecule has 1 rings (SSSR count). The lowest BCUT2D eigenvalue weighted by molar-refractivity contribution is 0.0601. The molecule has 0 aromatic heterocycles. The minimum absolute atomic E-state index is 0.0816. The van der Waals surface area contributed by atoms with Crippen LogP contribution in [0.2, 0.25) is 0 Å². The van der Waals surface area contributed by atoms with Gasteiger partial charge < -0.3 is 15.2 Å². The van der Waals surface area contributed by atoms with E-state index in [2.05, 4.69) is 37.2 Å². The Bertz CT molecular complexity index is 488. The lowest BCUT2D eigenvalue weighted by Gasteiger charge is -2.27. The average molecular weight is 409 g/mol. The number of benzene rings is 1. The molecule has 6 heteroatoms. The van der Waals surface area contributed by atoms with Crippen LogP contribution in [0.25, 0.3) is 0 Å². The molecular weight excluding hydrogens is 390 g/mol. The monoisotopic (exact) mass is 407 g/mol. The van der Waals surface area contributed by atoms with Crippen molar-refractivity contribution in [1.82, 2.24) is 0 Å². The minimum Gasteiger partial charge on any atom is -0.465 e. The van der Waals surface area contributed by atoms with Crippen LogP contribution < -0.4 is 5.32 Å². The van der Waals surface area contributed by atoms with Gasteiger partial charge >= 0.3 is 5.97 Å². The predicted molar refractivity (Wildman–Crippen MR) is 87.2 cm³/mol. The molecule has 0 aliphatic heterocycles. The Kier molecular flexibility index (Phi) is 6.48. The Morgan fingerprint density at radius 2 is 2.10 bits per heavy atom. The number of nitrogens with one attached hydrogen (secondary N) is 1. The summed E-state index contributed by atoms with van der Waals surface area (Å²) in [6.07, 6.45) is 0.832. The van der Waals surface area contributed by atoms with E-state index in [1.165, 1.54) is 7.11 Å². The smallest absolute Gasteiger partial charge is 0.340 e. The lowest BCUT2D eigenvalue weighted by Crippen LogP contribution is -2.30. The van der Waals surface area contributed by atoms with E-state index in [0.717, 1.165) is 15.4 Å².